The number of carbonyl (C=O) groups excluding carboxylic acids is 1. The second kappa shape index (κ2) is 14.6. The Morgan fingerprint density at radius 1 is 1.19 bits per heavy atom. The number of carbonyl (C=O) groups is 1. The van der Waals surface area contributed by atoms with Crippen molar-refractivity contribution >= 4 is 18.3 Å². The van der Waals surface area contributed by atoms with Crippen molar-refractivity contribution in [3.05, 3.63) is 0 Å². The molecule has 0 aromatic rings. The van der Waals surface area contributed by atoms with Crippen molar-refractivity contribution in [2.24, 2.45) is 0 Å². The third-order valence-electron chi connectivity index (χ3n) is 1.83. The summed E-state index contributed by atoms with van der Waals surface area (Å²) in [5, 5.41) is 5.78. The molecule has 2 N–H and O–H groups in total. The maximum absolute atomic E-state index is 11.2. The van der Waals surface area contributed by atoms with Crippen LogP contribution in [-0.4, -0.2) is 53.0 Å². The van der Waals surface area contributed by atoms with Crippen LogP contribution in [0, 0.1) is 0 Å². The van der Waals surface area contributed by atoms with Crippen molar-refractivity contribution in [2.75, 3.05) is 47.1 Å². The average molecular weight is 255 g/mol. The monoisotopic (exact) mass is 254 g/mol. The zero-order valence-corrected chi connectivity index (χ0v) is 10.9. The highest BCUT2D eigenvalue weighted by atomic mass is 35.5. The van der Waals surface area contributed by atoms with Gasteiger partial charge in [0.2, 0.25) is 5.91 Å². The SMILES string of the molecule is CNCCCC(=O)NCCOCCOC.Cl. The van der Waals surface area contributed by atoms with Gasteiger partial charge in [0.15, 0.2) is 0 Å². The van der Waals surface area contributed by atoms with E-state index in [9.17, 15) is 4.79 Å². The highest BCUT2D eigenvalue weighted by Crippen LogP contribution is 1.86. The first kappa shape index (κ1) is 18.0. The molecule has 0 radical (unpaired) electrons. The van der Waals surface area contributed by atoms with Crippen LogP contribution in [0.2, 0.25) is 0 Å². The van der Waals surface area contributed by atoms with E-state index >= 15 is 0 Å². The minimum Gasteiger partial charge on any atom is -0.382 e. The fraction of sp³-hybridized carbons (Fsp3) is 0.900. The Morgan fingerprint density at radius 3 is 2.56 bits per heavy atom. The summed E-state index contributed by atoms with van der Waals surface area (Å²) in [6.45, 7) is 3.16. The van der Waals surface area contributed by atoms with Gasteiger partial charge in [-0.25, -0.2) is 0 Å². The normalized spacial score (nSPS) is 9.62. The maximum Gasteiger partial charge on any atom is 0.220 e. The van der Waals surface area contributed by atoms with E-state index in [0.717, 1.165) is 13.0 Å². The van der Waals surface area contributed by atoms with Crippen LogP contribution in [0.5, 0.6) is 0 Å². The number of halogens is 1. The topological polar surface area (TPSA) is 59.6 Å². The van der Waals surface area contributed by atoms with Crippen LogP contribution in [0.25, 0.3) is 0 Å². The minimum atomic E-state index is 0. The molecule has 0 atom stereocenters. The van der Waals surface area contributed by atoms with Crippen LogP contribution in [0.4, 0.5) is 0 Å². The molecule has 0 aliphatic heterocycles. The number of ether oxygens (including phenoxy) is 2. The summed E-state index contributed by atoms with van der Waals surface area (Å²) in [5.41, 5.74) is 0. The molecule has 0 spiro atoms. The van der Waals surface area contributed by atoms with Gasteiger partial charge in [0.05, 0.1) is 19.8 Å². The summed E-state index contributed by atoms with van der Waals surface area (Å²) in [7, 11) is 3.51. The van der Waals surface area contributed by atoms with Gasteiger partial charge in [0.1, 0.15) is 0 Å². The number of rotatable bonds is 10. The summed E-state index contributed by atoms with van der Waals surface area (Å²) in [5.74, 6) is 0.0839. The van der Waals surface area contributed by atoms with Gasteiger partial charge < -0.3 is 20.1 Å². The zero-order valence-electron chi connectivity index (χ0n) is 10.1. The largest absolute Gasteiger partial charge is 0.382 e. The van der Waals surface area contributed by atoms with E-state index in [1.165, 1.54) is 0 Å². The highest BCUT2D eigenvalue weighted by molar-refractivity contribution is 5.85. The van der Waals surface area contributed by atoms with E-state index in [-0.39, 0.29) is 18.3 Å². The van der Waals surface area contributed by atoms with Crippen molar-refractivity contribution in [1.82, 2.24) is 10.6 Å². The molecule has 5 nitrogen and oxygen atoms in total. The number of hydrogen-bond donors (Lipinski definition) is 2. The predicted octanol–water partition coefficient (Wildman–Crippen LogP) is 0.187. The average Bonchev–Trinajstić information content (AvgIpc) is 2.23. The molecule has 0 saturated carbocycles. The standard InChI is InChI=1S/C10H22N2O3.ClH/c1-11-5-3-4-10(13)12-6-7-15-9-8-14-2;/h11H,3-9H2,1-2H3,(H,12,13);1H. The fourth-order valence-electron chi connectivity index (χ4n) is 1.02. The summed E-state index contributed by atoms with van der Waals surface area (Å²) in [4.78, 5) is 11.2. The molecular weight excluding hydrogens is 232 g/mol. The molecule has 0 heterocycles. The molecule has 0 bridgehead atoms. The number of nitrogens with one attached hydrogen (secondary N) is 2. The van der Waals surface area contributed by atoms with Gasteiger partial charge in [-0.15, -0.1) is 12.4 Å². The van der Waals surface area contributed by atoms with E-state index in [2.05, 4.69) is 10.6 Å². The Kier molecular flexibility index (Phi) is 16.5. The van der Waals surface area contributed by atoms with Gasteiger partial charge in [-0.1, -0.05) is 0 Å². The van der Waals surface area contributed by atoms with Gasteiger partial charge in [-0.05, 0) is 20.0 Å². The van der Waals surface area contributed by atoms with Crippen molar-refractivity contribution in [3.63, 3.8) is 0 Å². The minimum absolute atomic E-state index is 0. The van der Waals surface area contributed by atoms with Gasteiger partial charge in [0.25, 0.3) is 0 Å². The smallest absolute Gasteiger partial charge is 0.220 e. The third-order valence-corrected chi connectivity index (χ3v) is 1.83. The van der Waals surface area contributed by atoms with E-state index in [1.54, 1.807) is 7.11 Å². The summed E-state index contributed by atoms with van der Waals surface area (Å²) in [6.07, 6.45) is 1.44. The van der Waals surface area contributed by atoms with Gasteiger partial charge in [0, 0.05) is 20.1 Å². The number of amides is 1. The maximum atomic E-state index is 11.2. The lowest BCUT2D eigenvalue weighted by atomic mass is 10.3. The molecule has 0 aromatic heterocycles. The first-order valence-corrected chi connectivity index (χ1v) is 5.29. The van der Waals surface area contributed by atoms with Crippen LogP contribution >= 0.6 is 12.4 Å². The molecule has 98 valence electrons. The second-order valence-electron chi connectivity index (χ2n) is 3.16. The molecule has 0 aliphatic carbocycles. The lowest BCUT2D eigenvalue weighted by Crippen LogP contribution is -2.28. The van der Waals surface area contributed by atoms with E-state index in [4.69, 9.17) is 9.47 Å². The molecule has 0 aromatic carbocycles. The first-order valence-electron chi connectivity index (χ1n) is 5.29. The lowest BCUT2D eigenvalue weighted by Gasteiger charge is -2.05. The fourth-order valence-corrected chi connectivity index (χ4v) is 1.02. The summed E-state index contributed by atoms with van der Waals surface area (Å²) in [6, 6.07) is 0. The van der Waals surface area contributed by atoms with Crippen molar-refractivity contribution in [2.45, 2.75) is 12.8 Å². The number of methoxy groups -OCH3 is 1. The van der Waals surface area contributed by atoms with Crippen LogP contribution in [0.3, 0.4) is 0 Å². The first-order chi connectivity index (χ1) is 7.31. The molecule has 1 amide bonds. The molecule has 0 rings (SSSR count). The summed E-state index contributed by atoms with van der Waals surface area (Å²) < 4.78 is 10.0. The van der Waals surface area contributed by atoms with Crippen molar-refractivity contribution in [3.8, 4) is 0 Å². The van der Waals surface area contributed by atoms with Crippen LogP contribution in [-0.2, 0) is 14.3 Å². The number of hydrogen-bond acceptors (Lipinski definition) is 4. The van der Waals surface area contributed by atoms with Crippen LogP contribution in [0.15, 0.2) is 0 Å². The molecule has 6 heteroatoms. The molecule has 0 unspecified atom stereocenters. The molecule has 0 aliphatic rings. The van der Waals surface area contributed by atoms with Gasteiger partial charge in [-0.3, -0.25) is 4.79 Å². The van der Waals surface area contributed by atoms with Crippen LogP contribution in [0.1, 0.15) is 12.8 Å². The van der Waals surface area contributed by atoms with Crippen molar-refractivity contribution < 1.29 is 14.3 Å². The van der Waals surface area contributed by atoms with Crippen LogP contribution < -0.4 is 10.6 Å². The van der Waals surface area contributed by atoms with E-state index in [1.807, 2.05) is 7.05 Å². The lowest BCUT2D eigenvalue weighted by molar-refractivity contribution is -0.121. The quantitative estimate of drug-likeness (QED) is 0.547. The van der Waals surface area contributed by atoms with E-state index < -0.39 is 0 Å². The Bertz CT molecular complexity index is 159. The zero-order chi connectivity index (χ0) is 11.4. The second-order valence-corrected chi connectivity index (χ2v) is 3.16. The predicted molar refractivity (Wildman–Crippen MR) is 66.1 cm³/mol. The third kappa shape index (κ3) is 13.6. The van der Waals surface area contributed by atoms with E-state index in [0.29, 0.717) is 32.8 Å². The molecular formula is C10H23ClN2O3. The Hall–Kier alpha value is -0.360. The molecule has 16 heavy (non-hydrogen) atoms. The summed E-state index contributed by atoms with van der Waals surface area (Å²) >= 11 is 0. The molecule has 0 fully saturated rings. The Morgan fingerprint density at radius 2 is 1.94 bits per heavy atom. The Labute approximate surface area is 104 Å². The Balaban J connectivity index is 0. The highest BCUT2D eigenvalue weighted by Gasteiger charge is 1.98. The van der Waals surface area contributed by atoms with Gasteiger partial charge in [-0.2, -0.15) is 0 Å². The van der Waals surface area contributed by atoms with Crippen molar-refractivity contribution in [1.29, 1.82) is 0 Å². The molecule has 0 saturated heterocycles. The van der Waals surface area contributed by atoms with Gasteiger partial charge >= 0.3 is 0 Å².